The molecule has 0 aliphatic rings. The number of ether oxygens (including phenoxy) is 1. The minimum atomic E-state index is -0.854. The van der Waals surface area contributed by atoms with Crippen molar-refractivity contribution < 1.29 is 19.1 Å². The fraction of sp³-hybridized carbons (Fsp3) is 0.250. The Bertz CT molecular complexity index is 874. The maximum absolute atomic E-state index is 12.5. The van der Waals surface area contributed by atoms with Gasteiger partial charge in [-0.05, 0) is 31.2 Å². The second kappa shape index (κ2) is 6.53. The molecule has 0 atom stereocenters. The van der Waals surface area contributed by atoms with Gasteiger partial charge < -0.3 is 10.1 Å². The number of imidazole rings is 1. The first kappa shape index (κ1) is 17.2. The maximum atomic E-state index is 12.5. The predicted molar refractivity (Wildman–Crippen MR) is 87.0 cm³/mol. The summed E-state index contributed by atoms with van der Waals surface area (Å²) in [4.78, 5) is 48.1. The molecule has 0 aliphatic heterocycles. The molecule has 0 aliphatic carbocycles. The highest BCUT2D eigenvalue weighted by Crippen LogP contribution is 2.17. The molecule has 2 aromatic rings. The first-order valence-corrected chi connectivity index (χ1v) is 7.09. The van der Waals surface area contributed by atoms with Crippen molar-refractivity contribution in [2.75, 3.05) is 12.4 Å². The lowest BCUT2D eigenvalue weighted by atomic mass is 10.2. The number of nitrogens with one attached hydrogen (secondary N) is 1. The van der Waals surface area contributed by atoms with Crippen molar-refractivity contribution in [1.29, 1.82) is 0 Å². The van der Waals surface area contributed by atoms with E-state index < -0.39 is 23.4 Å². The van der Waals surface area contributed by atoms with Crippen LogP contribution in [0.3, 0.4) is 0 Å². The molecule has 0 saturated heterocycles. The first-order valence-electron chi connectivity index (χ1n) is 7.09. The number of nitrogens with zero attached hydrogens (tertiary/aromatic N) is 2. The van der Waals surface area contributed by atoms with E-state index in [0.717, 1.165) is 11.5 Å². The van der Waals surface area contributed by atoms with E-state index in [2.05, 4.69) is 5.32 Å². The summed E-state index contributed by atoms with van der Waals surface area (Å²) in [6.07, 6.45) is 0. The molecule has 1 heterocycles. The lowest BCUT2D eigenvalue weighted by Gasteiger charge is -2.08. The Labute approximate surface area is 137 Å². The van der Waals surface area contributed by atoms with Crippen LogP contribution in [0.1, 0.15) is 39.6 Å². The third kappa shape index (κ3) is 2.98. The van der Waals surface area contributed by atoms with Gasteiger partial charge in [-0.25, -0.2) is 13.9 Å². The van der Waals surface area contributed by atoms with Crippen LogP contribution in [0.2, 0.25) is 0 Å². The summed E-state index contributed by atoms with van der Waals surface area (Å²) in [5.74, 6) is -1.27. The van der Waals surface area contributed by atoms with Crippen LogP contribution in [0.15, 0.2) is 29.1 Å². The summed E-state index contributed by atoms with van der Waals surface area (Å²) in [5, 5.41) is 2.59. The molecule has 2 rings (SSSR count). The lowest BCUT2D eigenvalue weighted by molar-refractivity contribution is 0.0903. The molecule has 126 valence electrons. The van der Waals surface area contributed by atoms with Gasteiger partial charge >= 0.3 is 5.69 Å². The van der Waals surface area contributed by atoms with Crippen molar-refractivity contribution >= 4 is 23.4 Å². The van der Waals surface area contributed by atoms with Crippen LogP contribution in [-0.2, 0) is 0 Å². The van der Waals surface area contributed by atoms with E-state index in [0.29, 0.717) is 16.0 Å². The molecule has 24 heavy (non-hydrogen) atoms. The molecule has 0 unspecified atom stereocenters. The van der Waals surface area contributed by atoms with Crippen LogP contribution >= 0.6 is 0 Å². The van der Waals surface area contributed by atoms with E-state index in [-0.39, 0.29) is 11.4 Å². The summed E-state index contributed by atoms with van der Waals surface area (Å²) in [6, 6.07) is 6.54. The molecule has 8 heteroatoms. The number of benzene rings is 1. The molecule has 8 nitrogen and oxygen atoms in total. The fourth-order valence-electron chi connectivity index (χ4n) is 2.40. The summed E-state index contributed by atoms with van der Waals surface area (Å²) >= 11 is 0. The zero-order chi connectivity index (χ0) is 18.0. The predicted octanol–water partition coefficient (Wildman–Crippen LogP) is 1.54. The van der Waals surface area contributed by atoms with Gasteiger partial charge in [0, 0.05) is 19.5 Å². The molecular formula is C16H17N3O5. The summed E-state index contributed by atoms with van der Waals surface area (Å²) in [6.45, 7) is 3.77. The smallest absolute Gasteiger partial charge is 0.342 e. The zero-order valence-corrected chi connectivity index (χ0v) is 13.7. The maximum Gasteiger partial charge on any atom is 0.342 e. The highest BCUT2D eigenvalue weighted by molar-refractivity contribution is 6.06. The van der Waals surface area contributed by atoms with E-state index in [1.165, 1.54) is 21.0 Å². The molecule has 0 spiro atoms. The average Bonchev–Trinajstić information content (AvgIpc) is 2.79. The van der Waals surface area contributed by atoms with E-state index in [1.807, 2.05) is 0 Å². The van der Waals surface area contributed by atoms with Gasteiger partial charge in [-0.15, -0.1) is 0 Å². The second-order valence-corrected chi connectivity index (χ2v) is 5.11. The zero-order valence-electron chi connectivity index (χ0n) is 13.7. The van der Waals surface area contributed by atoms with Gasteiger partial charge in [0.05, 0.1) is 12.8 Å². The SMILES string of the molecule is COc1ccc(NC(=O)c2c(C)n(C(C)=O)c(=O)n2C(C)=O)cc1. The minimum absolute atomic E-state index is 0.105. The van der Waals surface area contributed by atoms with Crippen molar-refractivity contribution in [3.05, 3.63) is 46.1 Å². The number of hydrogen-bond acceptors (Lipinski definition) is 5. The number of amides is 1. The van der Waals surface area contributed by atoms with Gasteiger partial charge in [-0.3, -0.25) is 14.4 Å². The minimum Gasteiger partial charge on any atom is -0.497 e. The van der Waals surface area contributed by atoms with Crippen molar-refractivity contribution in [3.8, 4) is 5.75 Å². The van der Waals surface area contributed by atoms with E-state index >= 15 is 0 Å². The Morgan fingerprint density at radius 1 is 1.00 bits per heavy atom. The molecule has 1 aromatic heterocycles. The van der Waals surface area contributed by atoms with Gasteiger partial charge in [0.15, 0.2) is 0 Å². The van der Waals surface area contributed by atoms with Crippen molar-refractivity contribution in [2.24, 2.45) is 0 Å². The quantitative estimate of drug-likeness (QED) is 0.919. The molecule has 0 bridgehead atoms. The van der Waals surface area contributed by atoms with Gasteiger partial charge in [0.25, 0.3) is 5.91 Å². The third-order valence-electron chi connectivity index (χ3n) is 3.48. The van der Waals surface area contributed by atoms with E-state index in [9.17, 15) is 19.2 Å². The summed E-state index contributed by atoms with van der Waals surface area (Å²) < 4.78 is 6.52. The highest BCUT2D eigenvalue weighted by Gasteiger charge is 2.26. The van der Waals surface area contributed by atoms with Crippen LogP contribution in [-0.4, -0.2) is 34.0 Å². The Balaban J connectivity index is 2.48. The Morgan fingerprint density at radius 3 is 2.00 bits per heavy atom. The van der Waals surface area contributed by atoms with Gasteiger partial charge in [-0.2, -0.15) is 0 Å². The highest BCUT2D eigenvalue weighted by atomic mass is 16.5. The molecule has 0 fully saturated rings. The molecule has 1 amide bonds. The molecule has 1 aromatic carbocycles. The monoisotopic (exact) mass is 331 g/mol. The lowest BCUT2D eigenvalue weighted by Crippen LogP contribution is -2.32. The van der Waals surface area contributed by atoms with Crippen LogP contribution in [0.25, 0.3) is 0 Å². The normalized spacial score (nSPS) is 10.3. The molecule has 1 N–H and O–H groups in total. The number of methoxy groups -OCH3 is 1. The van der Waals surface area contributed by atoms with Crippen LogP contribution in [0.4, 0.5) is 5.69 Å². The summed E-state index contributed by atoms with van der Waals surface area (Å²) in [5.41, 5.74) is -0.460. The van der Waals surface area contributed by atoms with Crippen molar-refractivity contribution in [3.63, 3.8) is 0 Å². The number of carbonyl (C=O) groups excluding carboxylic acids is 3. The number of rotatable bonds is 3. The second-order valence-electron chi connectivity index (χ2n) is 5.11. The van der Waals surface area contributed by atoms with Gasteiger partial charge in [0.1, 0.15) is 11.4 Å². The van der Waals surface area contributed by atoms with E-state index in [1.54, 1.807) is 24.3 Å². The van der Waals surface area contributed by atoms with Crippen LogP contribution in [0.5, 0.6) is 5.75 Å². The number of aromatic nitrogens is 2. The molecule has 0 radical (unpaired) electrons. The fourth-order valence-corrected chi connectivity index (χ4v) is 2.40. The third-order valence-corrected chi connectivity index (χ3v) is 3.48. The van der Waals surface area contributed by atoms with Crippen molar-refractivity contribution in [2.45, 2.75) is 20.8 Å². The van der Waals surface area contributed by atoms with Gasteiger partial charge in [-0.1, -0.05) is 0 Å². The van der Waals surface area contributed by atoms with Crippen molar-refractivity contribution in [1.82, 2.24) is 9.13 Å². The number of hydrogen-bond donors (Lipinski definition) is 1. The van der Waals surface area contributed by atoms with Crippen LogP contribution in [0, 0.1) is 6.92 Å². The standard InChI is InChI=1S/C16H17N3O5/c1-9-14(19(11(3)21)16(23)18(9)10(2)20)15(22)17-12-5-7-13(24-4)8-6-12/h5-8H,1-4H3,(H,17,22). The molecular weight excluding hydrogens is 314 g/mol. The Morgan fingerprint density at radius 2 is 1.54 bits per heavy atom. The molecule has 0 saturated carbocycles. The topological polar surface area (TPSA) is 99.4 Å². The Kier molecular flexibility index (Phi) is 4.68. The average molecular weight is 331 g/mol. The van der Waals surface area contributed by atoms with Crippen LogP contribution < -0.4 is 15.7 Å². The summed E-state index contributed by atoms with van der Waals surface area (Å²) in [7, 11) is 1.52. The Hall–Kier alpha value is -3.16. The first-order chi connectivity index (χ1) is 11.3. The number of anilines is 1. The largest absolute Gasteiger partial charge is 0.497 e. The van der Waals surface area contributed by atoms with Gasteiger partial charge in [0.2, 0.25) is 11.8 Å². The number of carbonyl (C=O) groups is 3. The van der Waals surface area contributed by atoms with E-state index in [4.69, 9.17) is 4.74 Å².